The number of hydrogen-bond donors (Lipinski definition) is 2. The molecule has 2 unspecified atom stereocenters. The van der Waals surface area contributed by atoms with Gasteiger partial charge in [-0.15, -0.1) is 0 Å². The number of aryl methyl sites for hydroxylation is 1. The Bertz CT molecular complexity index is 682. The highest BCUT2D eigenvalue weighted by atomic mass is 16.5. The van der Waals surface area contributed by atoms with Crippen LogP contribution in [0.5, 0.6) is 0 Å². The van der Waals surface area contributed by atoms with Crippen molar-refractivity contribution in [2.24, 2.45) is 10.9 Å². The van der Waals surface area contributed by atoms with Gasteiger partial charge in [0, 0.05) is 39.7 Å². The van der Waals surface area contributed by atoms with E-state index in [1.807, 2.05) is 6.92 Å². The molecule has 1 aromatic rings. The van der Waals surface area contributed by atoms with Crippen LogP contribution in [-0.4, -0.2) is 57.1 Å². The number of carbonyl (C=O) groups excluding carboxylic acids is 1. The molecule has 0 spiro atoms. The first-order valence-electron chi connectivity index (χ1n) is 9.91. The number of hydrogen-bond acceptors (Lipinski definition) is 3. The number of ether oxygens (including phenoxy) is 1. The van der Waals surface area contributed by atoms with Gasteiger partial charge < -0.3 is 20.3 Å². The number of benzene rings is 1. The van der Waals surface area contributed by atoms with Gasteiger partial charge in [-0.1, -0.05) is 42.0 Å². The van der Waals surface area contributed by atoms with Gasteiger partial charge in [-0.05, 0) is 32.3 Å². The summed E-state index contributed by atoms with van der Waals surface area (Å²) in [5.41, 5.74) is 3.47. The van der Waals surface area contributed by atoms with Crippen molar-refractivity contribution in [2.45, 2.75) is 32.8 Å². The van der Waals surface area contributed by atoms with Crippen LogP contribution in [0.1, 0.15) is 37.0 Å². The predicted molar refractivity (Wildman–Crippen MR) is 114 cm³/mol. The van der Waals surface area contributed by atoms with Crippen molar-refractivity contribution in [2.75, 3.05) is 40.3 Å². The Kier molecular flexibility index (Phi) is 8.51. The fourth-order valence-corrected chi connectivity index (χ4v) is 3.10. The first kappa shape index (κ1) is 22.0. The molecule has 0 bridgehead atoms. The Hall–Kier alpha value is -2.34. The highest BCUT2D eigenvalue weighted by molar-refractivity contribution is 5.84. The third-order valence-corrected chi connectivity index (χ3v) is 4.81. The van der Waals surface area contributed by atoms with Gasteiger partial charge in [0.1, 0.15) is 6.54 Å². The van der Waals surface area contributed by atoms with E-state index in [9.17, 15) is 4.79 Å². The molecule has 2 atom stereocenters. The maximum atomic E-state index is 11.9. The maximum Gasteiger partial charge on any atom is 0.243 e. The predicted octanol–water partition coefficient (Wildman–Crippen LogP) is 2.66. The molecular weight excluding hydrogens is 352 g/mol. The SMILES string of the molecule is C=C(C)CNC(=NCC(=O)N(C)C)NCC1CCCOC1c1ccc(C)cc1. The van der Waals surface area contributed by atoms with E-state index in [0.717, 1.165) is 31.6 Å². The highest BCUT2D eigenvalue weighted by Gasteiger charge is 2.27. The zero-order valence-electron chi connectivity index (χ0n) is 17.6. The van der Waals surface area contributed by atoms with Crippen LogP contribution in [0.3, 0.4) is 0 Å². The lowest BCUT2D eigenvalue weighted by Crippen LogP contribution is -2.43. The minimum atomic E-state index is -0.0324. The zero-order chi connectivity index (χ0) is 20.5. The van der Waals surface area contributed by atoms with E-state index >= 15 is 0 Å². The second-order valence-corrected chi connectivity index (χ2v) is 7.75. The Morgan fingerprint density at radius 3 is 2.64 bits per heavy atom. The minimum absolute atomic E-state index is 0.0324. The van der Waals surface area contributed by atoms with Crippen LogP contribution >= 0.6 is 0 Å². The molecule has 0 aromatic heterocycles. The lowest BCUT2D eigenvalue weighted by atomic mass is 9.89. The van der Waals surface area contributed by atoms with E-state index in [1.54, 1.807) is 19.0 Å². The summed E-state index contributed by atoms with van der Waals surface area (Å²) >= 11 is 0. The molecule has 6 heteroatoms. The van der Waals surface area contributed by atoms with E-state index in [2.05, 4.69) is 53.4 Å². The van der Waals surface area contributed by atoms with Crippen LogP contribution in [0.4, 0.5) is 0 Å². The lowest BCUT2D eigenvalue weighted by molar-refractivity contribution is -0.127. The highest BCUT2D eigenvalue weighted by Crippen LogP contribution is 2.33. The quantitative estimate of drug-likeness (QED) is 0.430. The number of carbonyl (C=O) groups is 1. The summed E-state index contributed by atoms with van der Waals surface area (Å²) in [6, 6.07) is 8.57. The standard InChI is InChI=1S/C22H34N4O2/c1-16(2)13-23-22(25-15-20(27)26(4)5)24-14-19-7-6-12-28-21(19)18-10-8-17(3)9-11-18/h8-11,19,21H,1,6-7,12-15H2,2-5H3,(H2,23,24,25). The molecule has 28 heavy (non-hydrogen) atoms. The molecule has 2 rings (SSSR count). The summed E-state index contributed by atoms with van der Waals surface area (Å²) in [4.78, 5) is 17.9. The molecule has 1 aromatic carbocycles. The van der Waals surface area contributed by atoms with Crippen molar-refractivity contribution in [1.29, 1.82) is 0 Å². The van der Waals surface area contributed by atoms with Gasteiger partial charge in [0.25, 0.3) is 0 Å². The maximum absolute atomic E-state index is 11.9. The first-order valence-corrected chi connectivity index (χ1v) is 9.91. The van der Waals surface area contributed by atoms with E-state index in [1.165, 1.54) is 11.1 Å². The van der Waals surface area contributed by atoms with Gasteiger partial charge in [0.15, 0.2) is 5.96 Å². The van der Waals surface area contributed by atoms with Crippen LogP contribution in [0.25, 0.3) is 0 Å². The Morgan fingerprint density at radius 1 is 1.29 bits per heavy atom. The number of nitrogens with one attached hydrogen (secondary N) is 2. The van der Waals surface area contributed by atoms with Gasteiger partial charge in [0.2, 0.25) is 5.91 Å². The van der Waals surface area contributed by atoms with Crippen LogP contribution < -0.4 is 10.6 Å². The molecule has 1 heterocycles. The van der Waals surface area contributed by atoms with E-state index in [0.29, 0.717) is 18.4 Å². The summed E-state index contributed by atoms with van der Waals surface area (Å²) in [5, 5.41) is 6.64. The van der Waals surface area contributed by atoms with Crippen LogP contribution in [0, 0.1) is 12.8 Å². The average molecular weight is 387 g/mol. The summed E-state index contributed by atoms with van der Waals surface area (Å²) in [5.74, 6) is 0.944. The van der Waals surface area contributed by atoms with Crippen LogP contribution in [0.15, 0.2) is 41.4 Å². The summed E-state index contributed by atoms with van der Waals surface area (Å²) in [6.07, 6.45) is 2.22. The second kappa shape index (κ2) is 10.9. The van der Waals surface area contributed by atoms with Crippen molar-refractivity contribution < 1.29 is 9.53 Å². The Labute approximate surface area is 169 Å². The lowest BCUT2D eigenvalue weighted by Gasteiger charge is -2.32. The molecule has 1 saturated heterocycles. The van der Waals surface area contributed by atoms with Crippen molar-refractivity contribution >= 4 is 11.9 Å². The summed E-state index contributed by atoms with van der Waals surface area (Å²) in [6.45, 7) is 10.2. The fraction of sp³-hybridized carbons (Fsp3) is 0.545. The normalized spacial score (nSPS) is 19.8. The number of amides is 1. The molecule has 154 valence electrons. The Morgan fingerprint density at radius 2 is 2.00 bits per heavy atom. The van der Waals surface area contributed by atoms with Crippen molar-refractivity contribution in [3.63, 3.8) is 0 Å². The molecule has 2 N–H and O–H groups in total. The number of aliphatic imine (C=N–C) groups is 1. The van der Waals surface area contributed by atoms with Crippen molar-refractivity contribution in [3.8, 4) is 0 Å². The van der Waals surface area contributed by atoms with Gasteiger partial charge in [-0.25, -0.2) is 4.99 Å². The largest absolute Gasteiger partial charge is 0.373 e. The number of likely N-dealkylation sites (N-methyl/N-ethyl adjacent to an activating group) is 1. The molecule has 1 aliphatic rings. The fourth-order valence-electron chi connectivity index (χ4n) is 3.10. The molecule has 1 fully saturated rings. The topological polar surface area (TPSA) is 66.0 Å². The molecule has 0 radical (unpaired) electrons. The van der Waals surface area contributed by atoms with Crippen molar-refractivity contribution in [1.82, 2.24) is 15.5 Å². The molecule has 0 saturated carbocycles. The molecule has 0 aliphatic carbocycles. The van der Waals surface area contributed by atoms with Gasteiger partial charge in [-0.3, -0.25) is 4.79 Å². The van der Waals surface area contributed by atoms with Crippen molar-refractivity contribution in [3.05, 3.63) is 47.5 Å². The number of guanidine groups is 1. The van der Waals surface area contributed by atoms with Crippen LogP contribution in [0.2, 0.25) is 0 Å². The summed E-state index contributed by atoms with van der Waals surface area (Å²) in [7, 11) is 3.47. The zero-order valence-corrected chi connectivity index (χ0v) is 17.6. The summed E-state index contributed by atoms with van der Waals surface area (Å²) < 4.78 is 6.10. The number of nitrogens with zero attached hydrogens (tertiary/aromatic N) is 2. The minimum Gasteiger partial charge on any atom is -0.373 e. The van der Waals surface area contributed by atoms with Gasteiger partial charge in [0.05, 0.1) is 6.10 Å². The third kappa shape index (κ3) is 7.00. The third-order valence-electron chi connectivity index (χ3n) is 4.81. The molecule has 1 amide bonds. The van der Waals surface area contributed by atoms with Gasteiger partial charge >= 0.3 is 0 Å². The second-order valence-electron chi connectivity index (χ2n) is 7.75. The monoisotopic (exact) mass is 386 g/mol. The average Bonchev–Trinajstić information content (AvgIpc) is 2.67. The molecular formula is C22H34N4O2. The van der Waals surface area contributed by atoms with E-state index in [-0.39, 0.29) is 18.6 Å². The first-order chi connectivity index (χ1) is 13.4. The van der Waals surface area contributed by atoms with Gasteiger partial charge in [-0.2, -0.15) is 0 Å². The van der Waals surface area contributed by atoms with E-state index in [4.69, 9.17) is 4.74 Å². The molecule has 1 aliphatic heterocycles. The van der Waals surface area contributed by atoms with E-state index < -0.39 is 0 Å². The smallest absolute Gasteiger partial charge is 0.243 e. The molecule has 6 nitrogen and oxygen atoms in total. The Balaban J connectivity index is 2.03. The number of rotatable bonds is 7. The van der Waals surface area contributed by atoms with Crippen LogP contribution in [-0.2, 0) is 9.53 Å².